The molecule has 8 heteroatoms. The summed E-state index contributed by atoms with van der Waals surface area (Å²) in [4.78, 5) is 39.3. The number of thioether (sulfide) groups is 1. The zero-order chi connectivity index (χ0) is 28.1. The van der Waals surface area contributed by atoms with Crippen molar-refractivity contribution in [3.63, 3.8) is 0 Å². The molecular weight excluding hydrogens is 544 g/mol. The highest BCUT2D eigenvalue weighted by molar-refractivity contribution is 8.00. The lowest BCUT2D eigenvalue weighted by atomic mass is 9.98. The minimum atomic E-state index is -1.10. The van der Waals surface area contributed by atoms with Gasteiger partial charge in [-0.05, 0) is 65.5 Å². The van der Waals surface area contributed by atoms with Gasteiger partial charge in [-0.1, -0.05) is 72.3 Å². The van der Waals surface area contributed by atoms with E-state index in [1.807, 2.05) is 36.4 Å². The van der Waals surface area contributed by atoms with Crippen molar-refractivity contribution in [1.82, 2.24) is 0 Å². The van der Waals surface area contributed by atoms with Gasteiger partial charge in [-0.3, -0.25) is 9.59 Å². The third-order valence-electron chi connectivity index (χ3n) is 6.18. The molecule has 0 aliphatic heterocycles. The summed E-state index contributed by atoms with van der Waals surface area (Å²) < 4.78 is 0. The predicted octanol–water partition coefficient (Wildman–Crippen LogP) is 7.92. The molecule has 5 aromatic rings. The van der Waals surface area contributed by atoms with Crippen LogP contribution in [0.2, 0.25) is 5.02 Å². The van der Waals surface area contributed by atoms with Crippen molar-refractivity contribution in [2.24, 2.45) is 0 Å². The van der Waals surface area contributed by atoms with Gasteiger partial charge in [-0.2, -0.15) is 0 Å². The second kappa shape index (κ2) is 12.1. The number of fused-ring (bicyclic) bond motifs is 1. The lowest BCUT2D eigenvalue weighted by Crippen LogP contribution is -2.19. The minimum Gasteiger partial charge on any atom is -0.478 e. The second-order valence-electron chi connectivity index (χ2n) is 8.90. The number of nitrogens with one attached hydrogen (secondary N) is 2. The summed E-state index contributed by atoms with van der Waals surface area (Å²) in [5.74, 6) is -1.74. The van der Waals surface area contributed by atoms with E-state index >= 15 is 0 Å². The summed E-state index contributed by atoms with van der Waals surface area (Å²) in [6, 6.07) is 33.6. The van der Waals surface area contributed by atoms with Crippen LogP contribution in [0.3, 0.4) is 0 Å². The van der Waals surface area contributed by atoms with Gasteiger partial charge in [0, 0.05) is 32.2 Å². The van der Waals surface area contributed by atoms with Gasteiger partial charge in [0.1, 0.15) is 5.25 Å². The van der Waals surface area contributed by atoms with Crippen LogP contribution in [0.25, 0.3) is 10.8 Å². The molecule has 0 saturated heterocycles. The Labute approximate surface area is 240 Å². The summed E-state index contributed by atoms with van der Waals surface area (Å²) >= 11 is 7.33. The molecule has 2 amide bonds. The van der Waals surface area contributed by atoms with Crippen molar-refractivity contribution in [3.8, 4) is 0 Å². The van der Waals surface area contributed by atoms with E-state index in [1.54, 1.807) is 72.8 Å². The Morgan fingerprint density at radius 3 is 2.08 bits per heavy atom. The maximum Gasteiger partial charge on any atom is 0.336 e. The third-order valence-corrected chi connectivity index (χ3v) is 7.68. The summed E-state index contributed by atoms with van der Waals surface area (Å²) in [5.41, 5.74) is 2.30. The third kappa shape index (κ3) is 6.17. The van der Waals surface area contributed by atoms with Gasteiger partial charge in [0.2, 0.25) is 5.91 Å². The lowest BCUT2D eigenvalue weighted by Gasteiger charge is -2.18. The molecule has 0 aliphatic rings. The van der Waals surface area contributed by atoms with Crippen molar-refractivity contribution in [2.45, 2.75) is 10.1 Å². The molecule has 0 aliphatic carbocycles. The van der Waals surface area contributed by atoms with E-state index in [1.165, 1.54) is 17.8 Å². The van der Waals surface area contributed by atoms with Gasteiger partial charge in [0.05, 0.1) is 5.56 Å². The molecule has 0 heterocycles. The number of hydrogen-bond donors (Lipinski definition) is 3. The number of hydrogen-bond acceptors (Lipinski definition) is 4. The molecule has 0 radical (unpaired) electrons. The van der Waals surface area contributed by atoms with Crippen molar-refractivity contribution < 1.29 is 19.5 Å². The fraction of sp³-hybridized carbons (Fsp3) is 0.0312. The van der Waals surface area contributed by atoms with Crippen LogP contribution >= 0.6 is 23.4 Å². The molecule has 1 atom stereocenters. The highest BCUT2D eigenvalue weighted by atomic mass is 35.5. The zero-order valence-electron chi connectivity index (χ0n) is 21.0. The van der Waals surface area contributed by atoms with Gasteiger partial charge in [0.25, 0.3) is 5.91 Å². The number of carbonyl (C=O) groups is 3. The van der Waals surface area contributed by atoms with Crippen molar-refractivity contribution in [1.29, 1.82) is 0 Å². The van der Waals surface area contributed by atoms with Gasteiger partial charge in [-0.25, -0.2) is 4.79 Å². The summed E-state index contributed by atoms with van der Waals surface area (Å²) in [7, 11) is 0. The molecule has 0 aromatic heterocycles. The van der Waals surface area contributed by atoms with E-state index in [9.17, 15) is 19.5 Å². The first-order valence-corrected chi connectivity index (χ1v) is 13.6. The van der Waals surface area contributed by atoms with Crippen molar-refractivity contribution in [2.75, 3.05) is 10.6 Å². The predicted molar refractivity (Wildman–Crippen MR) is 160 cm³/mol. The molecule has 0 bridgehead atoms. The highest BCUT2D eigenvalue weighted by Gasteiger charge is 2.23. The Kier molecular flexibility index (Phi) is 8.15. The van der Waals surface area contributed by atoms with E-state index in [0.29, 0.717) is 27.2 Å². The number of anilines is 2. The summed E-state index contributed by atoms with van der Waals surface area (Å²) in [6.45, 7) is 0. The van der Waals surface area contributed by atoms with Crippen LogP contribution < -0.4 is 10.6 Å². The number of carboxylic acids is 1. The van der Waals surface area contributed by atoms with E-state index < -0.39 is 17.1 Å². The van der Waals surface area contributed by atoms with Crippen LogP contribution in [0, 0.1) is 0 Å². The number of halogens is 1. The van der Waals surface area contributed by atoms with Crippen molar-refractivity contribution >= 4 is 63.3 Å². The molecule has 0 saturated carbocycles. The molecule has 0 fully saturated rings. The molecule has 6 nitrogen and oxygen atoms in total. The van der Waals surface area contributed by atoms with Crippen LogP contribution in [-0.2, 0) is 4.79 Å². The van der Waals surface area contributed by atoms with E-state index in [-0.39, 0.29) is 17.0 Å². The van der Waals surface area contributed by atoms with Crippen molar-refractivity contribution in [3.05, 3.63) is 137 Å². The molecule has 5 aromatic carbocycles. The average Bonchev–Trinajstić information content (AvgIpc) is 2.97. The Morgan fingerprint density at radius 2 is 1.38 bits per heavy atom. The Morgan fingerprint density at radius 1 is 0.700 bits per heavy atom. The second-order valence-corrected chi connectivity index (χ2v) is 10.5. The Hall–Kier alpha value is -4.59. The number of rotatable bonds is 8. The van der Waals surface area contributed by atoms with E-state index in [2.05, 4.69) is 10.6 Å². The monoisotopic (exact) mass is 566 g/mol. The first-order chi connectivity index (χ1) is 19.4. The number of carboxylic acid groups (broad SMARTS) is 1. The van der Waals surface area contributed by atoms with E-state index in [0.717, 1.165) is 10.5 Å². The Balaban J connectivity index is 1.40. The summed E-state index contributed by atoms with van der Waals surface area (Å²) in [5, 5.41) is 16.6. The number of benzene rings is 5. The molecule has 3 N–H and O–H groups in total. The van der Waals surface area contributed by atoms with Gasteiger partial charge in [-0.15, -0.1) is 11.8 Å². The van der Waals surface area contributed by atoms with Crippen LogP contribution in [0.4, 0.5) is 11.4 Å². The smallest absolute Gasteiger partial charge is 0.336 e. The number of amides is 2. The zero-order valence-corrected chi connectivity index (χ0v) is 22.6. The molecule has 5 rings (SSSR count). The molecule has 198 valence electrons. The first kappa shape index (κ1) is 27.0. The fourth-order valence-corrected chi connectivity index (χ4v) is 5.54. The molecular formula is C32H23ClN2O4S. The van der Waals surface area contributed by atoms with Crippen LogP contribution in [-0.4, -0.2) is 22.9 Å². The van der Waals surface area contributed by atoms with Gasteiger partial charge >= 0.3 is 5.97 Å². The standard InChI is InChI=1S/C32H23ClN2O4S/c33-22-15-17-23(18-16-22)34-31(37)29(21-7-2-1-3-8-21)40-25-12-6-11-24(19-25)35-30(36)26-13-4-9-20-10-5-14-27(28(20)26)32(38)39/h1-19,29H,(H,34,37)(H,35,36)(H,38,39). The molecule has 40 heavy (non-hydrogen) atoms. The quantitative estimate of drug-likeness (QED) is 0.166. The topological polar surface area (TPSA) is 95.5 Å². The summed E-state index contributed by atoms with van der Waals surface area (Å²) in [6.07, 6.45) is 0. The Bertz CT molecular complexity index is 1700. The van der Waals surface area contributed by atoms with E-state index in [4.69, 9.17) is 11.6 Å². The maximum atomic E-state index is 13.4. The normalized spacial score (nSPS) is 11.5. The minimum absolute atomic E-state index is 0.0601. The number of carbonyl (C=O) groups excluding carboxylic acids is 2. The molecule has 0 spiro atoms. The van der Waals surface area contributed by atoms with Gasteiger partial charge in [0.15, 0.2) is 0 Å². The van der Waals surface area contributed by atoms with Gasteiger partial charge < -0.3 is 15.7 Å². The number of aromatic carboxylic acids is 1. The highest BCUT2D eigenvalue weighted by Crippen LogP contribution is 2.37. The fourth-order valence-electron chi connectivity index (χ4n) is 4.33. The van der Waals surface area contributed by atoms with Crippen LogP contribution in [0.1, 0.15) is 31.5 Å². The lowest BCUT2D eigenvalue weighted by molar-refractivity contribution is -0.115. The van der Waals surface area contributed by atoms with Crippen LogP contribution in [0.5, 0.6) is 0 Å². The average molecular weight is 567 g/mol. The maximum absolute atomic E-state index is 13.4. The first-order valence-electron chi connectivity index (χ1n) is 12.3. The largest absolute Gasteiger partial charge is 0.478 e. The molecule has 1 unspecified atom stereocenters. The van der Waals surface area contributed by atoms with Crippen LogP contribution in [0.15, 0.2) is 120 Å². The SMILES string of the molecule is O=C(O)c1cccc2cccc(C(=O)Nc3cccc(SC(C(=O)Nc4ccc(Cl)cc4)c4ccccc4)c3)c12.